The lowest BCUT2D eigenvalue weighted by Gasteiger charge is -2.09. The van der Waals surface area contributed by atoms with Crippen LogP contribution in [0.15, 0.2) is 21.0 Å². The van der Waals surface area contributed by atoms with Gasteiger partial charge in [0.05, 0.1) is 17.2 Å². The van der Waals surface area contributed by atoms with Crippen LogP contribution in [0.3, 0.4) is 0 Å². The third-order valence-corrected chi connectivity index (χ3v) is 4.20. The summed E-state index contributed by atoms with van der Waals surface area (Å²) in [7, 11) is 1.61. The largest absolute Gasteiger partial charge is 0.434 e. The first kappa shape index (κ1) is 19.2. The van der Waals surface area contributed by atoms with Crippen LogP contribution in [0, 0.1) is 0 Å². The molecule has 0 aliphatic rings. The zero-order chi connectivity index (χ0) is 18.4. The smallest absolute Gasteiger partial charge is 0.359 e. The van der Waals surface area contributed by atoms with Gasteiger partial charge in [-0.05, 0) is 5.92 Å². The Kier molecular flexibility index (Phi) is 6.40. The number of guanidine groups is 1. The lowest BCUT2D eigenvalue weighted by molar-refractivity contribution is -0.140. The van der Waals surface area contributed by atoms with Crippen molar-refractivity contribution in [3.63, 3.8) is 0 Å². The number of rotatable bonds is 6. The van der Waals surface area contributed by atoms with Crippen molar-refractivity contribution in [2.75, 3.05) is 13.6 Å². The minimum Gasteiger partial charge on any atom is -0.359 e. The van der Waals surface area contributed by atoms with E-state index >= 15 is 0 Å². The molecule has 0 spiro atoms. The number of halogens is 3. The molecule has 0 unspecified atom stereocenters. The maximum atomic E-state index is 12.5. The molecule has 2 rings (SSSR count). The molecule has 0 atom stereocenters. The Hall–Kier alpha value is -2.10. The summed E-state index contributed by atoms with van der Waals surface area (Å²) in [5.74, 6) is 1.49. The molecule has 0 radical (unpaired) electrons. The van der Waals surface area contributed by atoms with Crippen LogP contribution in [-0.4, -0.2) is 29.7 Å². The standard InChI is InChI=1S/C15H20F3N5OS/c1-9(2)11-6-10(24-23-11)7-21-14(19-3)20-5-4-13-22-12(8-25-13)15(16,17)18/h6,8-9H,4-5,7H2,1-3H3,(H2,19,20,21). The van der Waals surface area contributed by atoms with Crippen LogP contribution in [0.2, 0.25) is 0 Å². The first-order valence-electron chi connectivity index (χ1n) is 7.71. The van der Waals surface area contributed by atoms with Gasteiger partial charge < -0.3 is 15.2 Å². The fourth-order valence-electron chi connectivity index (χ4n) is 1.92. The molecule has 0 saturated heterocycles. The highest BCUT2D eigenvalue weighted by Gasteiger charge is 2.33. The number of nitrogens with one attached hydrogen (secondary N) is 2. The summed E-state index contributed by atoms with van der Waals surface area (Å²) < 4.78 is 42.7. The molecule has 2 N–H and O–H groups in total. The Bertz CT molecular complexity index is 708. The van der Waals surface area contributed by atoms with E-state index in [0.29, 0.717) is 36.2 Å². The molecule has 10 heteroatoms. The maximum Gasteiger partial charge on any atom is 0.434 e. The SMILES string of the molecule is CN=C(NCCc1nc(C(F)(F)F)cs1)NCc1cc(C(C)C)no1. The van der Waals surface area contributed by atoms with Crippen molar-refractivity contribution in [1.29, 1.82) is 0 Å². The molecule has 0 aliphatic carbocycles. The second-order valence-corrected chi connectivity index (χ2v) is 6.54. The molecule has 6 nitrogen and oxygen atoms in total. The van der Waals surface area contributed by atoms with E-state index in [1.165, 1.54) is 0 Å². The molecular weight excluding hydrogens is 355 g/mol. The van der Waals surface area contributed by atoms with Gasteiger partial charge in [-0.25, -0.2) is 4.98 Å². The van der Waals surface area contributed by atoms with Gasteiger partial charge in [0.15, 0.2) is 17.4 Å². The molecule has 0 amide bonds. The summed E-state index contributed by atoms with van der Waals surface area (Å²) in [5, 5.41) is 11.5. The second-order valence-electron chi connectivity index (χ2n) is 5.60. The highest BCUT2D eigenvalue weighted by Crippen LogP contribution is 2.29. The third kappa shape index (κ3) is 5.73. The van der Waals surface area contributed by atoms with E-state index < -0.39 is 11.9 Å². The molecular formula is C15H20F3N5OS. The molecule has 0 fully saturated rings. The van der Waals surface area contributed by atoms with E-state index in [1.807, 2.05) is 19.9 Å². The van der Waals surface area contributed by atoms with E-state index in [2.05, 4.69) is 25.8 Å². The van der Waals surface area contributed by atoms with Crippen molar-refractivity contribution in [2.45, 2.75) is 38.9 Å². The average Bonchev–Trinajstić information content (AvgIpc) is 3.19. The van der Waals surface area contributed by atoms with Crippen LogP contribution in [0.1, 0.15) is 41.9 Å². The monoisotopic (exact) mass is 375 g/mol. The normalized spacial score (nSPS) is 12.7. The Morgan fingerprint density at radius 3 is 2.68 bits per heavy atom. The van der Waals surface area contributed by atoms with Crippen molar-refractivity contribution < 1.29 is 17.7 Å². The van der Waals surface area contributed by atoms with Gasteiger partial charge in [0.2, 0.25) is 0 Å². The van der Waals surface area contributed by atoms with E-state index in [1.54, 1.807) is 7.05 Å². The quantitative estimate of drug-likeness (QED) is 0.599. The summed E-state index contributed by atoms with van der Waals surface area (Å²) in [6.45, 7) is 4.88. The number of hydrogen-bond acceptors (Lipinski definition) is 5. The Morgan fingerprint density at radius 1 is 1.36 bits per heavy atom. The van der Waals surface area contributed by atoms with Crippen LogP contribution < -0.4 is 10.6 Å². The highest BCUT2D eigenvalue weighted by atomic mass is 32.1. The van der Waals surface area contributed by atoms with Crippen LogP contribution in [0.25, 0.3) is 0 Å². The number of alkyl halides is 3. The summed E-state index contributed by atoms with van der Waals surface area (Å²) in [6, 6.07) is 1.87. The molecule has 138 valence electrons. The van der Waals surface area contributed by atoms with Crippen molar-refractivity contribution in [3.05, 3.63) is 33.6 Å². The van der Waals surface area contributed by atoms with Gasteiger partial charge in [-0.1, -0.05) is 19.0 Å². The maximum absolute atomic E-state index is 12.5. The van der Waals surface area contributed by atoms with Crippen LogP contribution in [0.4, 0.5) is 13.2 Å². The number of nitrogens with zero attached hydrogens (tertiary/aromatic N) is 3. The Labute approximate surface area is 147 Å². The van der Waals surface area contributed by atoms with Gasteiger partial charge in [0.25, 0.3) is 0 Å². The predicted octanol–water partition coefficient (Wildman–Crippen LogP) is 3.18. The molecule has 0 aliphatic heterocycles. The van der Waals surface area contributed by atoms with Gasteiger partial charge in [-0.3, -0.25) is 4.99 Å². The van der Waals surface area contributed by atoms with Crippen LogP contribution in [-0.2, 0) is 19.1 Å². The summed E-state index contributed by atoms with van der Waals surface area (Å²) in [6.07, 6.45) is -4.02. The third-order valence-electron chi connectivity index (χ3n) is 3.30. The van der Waals surface area contributed by atoms with Gasteiger partial charge in [0.1, 0.15) is 0 Å². The van der Waals surface area contributed by atoms with E-state index in [4.69, 9.17) is 4.52 Å². The first-order chi connectivity index (χ1) is 11.8. The van der Waals surface area contributed by atoms with Crippen molar-refractivity contribution in [3.8, 4) is 0 Å². The molecule has 2 aromatic heterocycles. The zero-order valence-corrected chi connectivity index (χ0v) is 15.0. The number of aliphatic imine (C=N–C) groups is 1. The van der Waals surface area contributed by atoms with Crippen molar-refractivity contribution in [2.24, 2.45) is 4.99 Å². The molecule has 2 heterocycles. The van der Waals surface area contributed by atoms with E-state index in [-0.39, 0.29) is 5.92 Å². The minimum atomic E-state index is -4.40. The van der Waals surface area contributed by atoms with Gasteiger partial charge in [-0.2, -0.15) is 13.2 Å². The molecule has 0 aromatic carbocycles. The lowest BCUT2D eigenvalue weighted by atomic mass is 10.1. The van der Waals surface area contributed by atoms with Crippen LogP contribution >= 0.6 is 11.3 Å². The number of aromatic nitrogens is 2. The van der Waals surface area contributed by atoms with Crippen molar-refractivity contribution >= 4 is 17.3 Å². The fraction of sp³-hybridized carbons (Fsp3) is 0.533. The van der Waals surface area contributed by atoms with E-state index in [0.717, 1.165) is 22.4 Å². The topological polar surface area (TPSA) is 75.3 Å². The van der Waals surface area contributed by atoms with Gasteiger partial charge in [0, 0.05) is 31.5 Å². The van der Waals surface area contributed by atoms with E-state index in [9.17, 15) is 13.2 Å². The van der Waals surface area contributed by atoms with Gasteiger partial charge in [-0.15, -0.1) is 11.3 Å². The highest BCUT2D eigenvalue weighted by molar-refractivity contribution is 7.09. The molecule has 0 bridgehead atoms. The average molecular weight is 375 g/mol. The summed E-state index contributed by atoms with van der Waals surface area (Å²) in [5.41, 5.74) is 0.0327. The predicted molar refractivity (Wildman–Crippen MR) is 89.6 cm³/mol. The summed E-state index contributed by atoms with van der Waals surface area (Å²) in [4.78, 5) is 7.64. The Morgan fingerprint density at radius 2 is 2.12 bits per heavy atom. The Balaban J connectivity index is 1.77. The fourth-order valence-corrected chi connectivity index (χ4v) is 2.72. The molecule has 2 aromatic rings. The molecule has 25 heavy (non-hydrogen) atoms. The first-order valence-corrected chi connectivity index (χ1v) is 8.59. The summed E-state index contributed by atoms with van der Waals surface area (Å²) >= 11 is 0.997. The number of hydrogen-bond donors (Lipinski definition) is 2. The molecule has 0 saturated carbocycles. The number of thiazole rings is 1. The van der Waals surface area contributed by atoms with Gasteiger partial charge >= 0.3 is 6.18 Å². The zero-order valence-electron chi connectivity index (χ0n) is 14.1. The minimum absolute atomic E-state index is 0.287. The second kappa shape index (κ2) is 8.32. The lowest BCUT2D eigenvalue weighted by Crippen LogP contribution is -2.37. The van der Waals surface area contributed by atoms with Crippen molar-refractivity contribution in [1.82, 2.24) is 20.8 Å². The van der Waals surface area contributed by atoms with Crippen LogP contribution in [0.5, 0.6) is 0 Å².